The van der Waals surface area contributed by atoms with Gasteiger partial charge in [0.25, 0.3) is 0 Å². The smallest absolute Gasteiger partial charge is 0.231 e. The van der Waals surface area contributed by atoms with Gasteiger partial charge >= 0.3 is 0 Å². The van der Waals surface area contributed by atoms with E-state index in [2.05, 4.69) is 0 Å². The molecule has 0 atom stereocenters. The van der Waals surface area contributed by atoms with Gasteiger partial charge in [0.05, 0.1) is 0 Å². The third-order valence-electron chi connectivity index (χ3n) is 2.04. The lowest BCUT2D eigenvalue weighted by molar-refractivity contribution is -0.116. The number of carbonyl (C=O) groups is 1. The van der Waals surface area contributed by atoms with E-state index in [1.807, 2.05) is 0 Å². The highest BCUT2D eigenvalue weighted by molar-refractivity contribution is 5.79. The maximum absolute atomic E-state index is 10.9. The van der Waals surface area contributed by atoms with E-state index in [0.29, 0.717) is 17.1 Å². The van der Waals surface area contributed by atoms with Gasteiger partial charge in [0.15, 0.2) is 11.5 Å². The van der Waals surface area contributed by atoms with E-state index in [9.17, 15) is 9.90 Å². The van der Waals surface area contributed by atoms with Crippen LogP contribution in [0.15, 0.2) is 12.1 Å². The molecule has 4 heteroatoms. The average Bonchev–Trinajstić information content (AvgIpc) is 2.57. The molecule has 0 spiro atoms. The van der Waals surface area contributed by atoms with Crippen LogP contribution in [0, 0.1) is 0 Å². The van der Waals surface area contributed by atoms with E-state index in [-0.39, 0.29) is 24.7 Å². The molecule has 0 aliphatic carbocycles. The number of hydrogen-bond donors (Lipinski definition) is 1. The molecule has 0 amide bonds. The first kappa shape index (κ1) is 8.87. The lowest BCUT2D eigenvalue weighted by atomic mass is 10.1. The summed E-state index contributed by atoms with van der Waals surface area (Å²) in [6, 6.07) is 3.37. The van der Waals surface area contributed by atoms with Gasteiger partial charge in [-0.1, -0.05) is 6.07 Å². The monoisotopic (exact) mass is 194 g/mol. The van der Waals surface area contributed by atoms with Crippen LogP contribution in [0.25, 0.3) is 0 Å². The first-order valence-corrected chi connectivity index (χ1v) is 4.28. The third-order valence-corrected chi connectivity index (χ3v) is 2.04. The van der Waals surface area contributed by atoms with Crippen LogP contribution in [0.3, 0.4) is 0 Å². The maximum Gasteiger partial charge on any atom is 0.231 e. The van der Waals surface area contributed by atoms with Crippen LogP contribution in [0.2, 0.25) is 0 Å². The number of Topliss-reactive ketones (excluding diaryl/α,β-unsaturated/α-hetero) is 1. The summed E-state index contributed by atoms with van der Waals surface area (Å²) in [6.45, 7) is 1.59. The Balaban J connectivity index is 2.39. The van der Waals surface area contributed by atoms with Crippen molar-refractivity contribution < 1.29 is 19.4 Å². The molecule has 1 N–H and O–H groups in total. The number of ether oxygens (including phenoxy) is 2. The van der Waals surface area contributed by atoms with E-state index in [1.54, 1.807) is 12.1 Å². The Kier molecular flexibility index (Phi) is 2.04. The fraction of sp³-hybridized carbons (Fsp3) is 0.300. The summed E-state index contributed by atoms with van der Waals surface area (Å²) in [4.78, 5) is 10.9. The Labute approximate surface area is 81.1 Å². The fourth-order valence-electron chi connectivity index (χ4n) is 1.41. The molecule has 0 aromatic heterocycles. The van der Waals surface area contributed by atoms with Gasteiger partial charge in [0.1, 0.15) is 5.78 Å². The van der Waals surface area contributed by atoms with Crippen LogP contribution in [0.1, 0.15) is 12.5 Å². The highest BCUT2D eigenvalue weighted by atomic mass is 16.7. The zero-order valence-corrected chi connectivity index (χ0v) is 7.74. The summed E-state index contributed by atoms with van der Waals surface area (Å²) in [5.74, 6) is 0.868. The second-order valence-electron chi connectivity index (χ2n) is 3.19. The topological polar surface area (TPSA) is 55.8 Å². The molecular weight excluding hydrogens is 184 g/mol. The van der Waals surface area contributed by atoms with Crippen LogP contribution in [0.5, 0.6) is 17.2 Å². The molecule has 1 aromatic rings. The molecule has 0 radical (unpaired) electrons. The van der Waals surface area contributed by atoms with Crippen molar-refractivity contribution in [3.8, 4) is 17.2 Å². The molecule has 1 heterocycles. The van der Waals surface area contributed by atoms with Gasteiger partial charge in [0, 0.05) is 12.0 Å². The third kappa shape index (κ3) is 1.39. The SMILES string of the molecule is CC(=O)Cc1ccc2c(c1O)OCO2. The number of rotatable bonds is 2. The minimum Gasteiger partial charge on any atom is -0.504 e. The molecule has 74 valence electrons. The second kappa shape index (κ2) is 3.21. The Morgan fingerprint density at radius 3 is 3.00 bits per heavy atom. The normalized spacial score (nSPS) is 12.9. The quantitative estimate of drug-likeness (QED) is 0.769. The summed E-state index contributed by atoms with van der Waals surface area (Å²) in [6.07, 6.45) is 0.211. The van der Waals surface area contributed by atoms with E-state index in [1.165, 1.54) is 6.92 Å². The zero-order valence-electron chi connectivity index (χ0n) is 7.74. The van der Waals surface area contributed by atoms with E-state index in [4.69, 9.17) is 9.47 Å². The number of phenolic OH excluding ortho intramolecular Hbond substituents is 1. The van der Waals surface area contributed by atoms with Gasteiger partial charge in [-0.2, -0.15) is 0 Å². The van der Waals surface area contributed by atoms with Crippen LogP contribution < -0.4 is 9.47 Å². The van der Waals surface area contributed by atoms with Gasteiger partial charge in [-0.15, -0.1) is 0 Å². The number of aromatic hydroxyl groups is 1. The molecule has 14 heavy (non-hydrogen) atoms. The second-order valence-corrected chi connectivity index (χ2v) is 3.19. The van der Waals surface area contributed by atoms with Crippen LogP contribution in [0.4, 0.5) is 0 Å². The molecule has 0 bridgehead atoms. The molecule has 0 saturated carbocycles. The lowest BCUT2D eigenvalue weighted by Gasteiger charge is -2.04. The fourth-order valence-corrected chi connectivity index (χ4v) is 1.41. The minimum atomic E-state index is -0.000773. The minimum absolute atomic E-state index is 0.000773. The molecule has 1 aliphatic rings. The zero-order chi connectivity index (χ0) is 10.1. The summed E-state index contributed by atoms with van der Waals surface area (Å²) >= 11 is 0. The number of hydrogen-bond acceptors (Lipinski definition) is 4. The van der Waals surface area contributed by atoms with Crippen molar-refractivity contribution in [2.75, 3.05) is 6.79 Å². The van der Waals surface area contributed by atoms with Gasteiger partial charge < -0.3 is 14.6 Å². The highest BCUT2D eigenvalue weighted by Crippen LogP contribution is 2.42. The summed E-state index contributed by atoms with van der Waals surface area (Å²) in [5, 5.41) is 9.70. The standard InChI is InChI=1S/C10H10O4/c1-6(11)4-7-2-3-8-10(9(7)12)14-5-13-8/h2-3,12H,4-5H2,1H3. The highest BCUT2D eigenvalue weighted by Gasteiger charge is 2.20. The summed E-state index contributed by atoms with van der Waals surface area (Å²) < 4.78 is 10.1. The largest absolute Gasteiger partial charge is 0.504 e. The Hall–Kier alpha value is -1.71. The van der Waals surface area contributed by atoms with Crippen LogP contribution in [-0.2, 0) is 11.2 Å². The van der Waals surface area contributed by atoms with E-state index in [0.717, 1.165) is 0 Å². The summed E-state index contributed by atoms with van der Waals surface area (Å²) in [5.41, 5.74) is 0.571. The number of benzene rings is 1. The molecule has 1 aliphatic heterocycles. The van der Waals surface area contributed by atoms with Crippen LogP contribution >= 0.6 is 0 Å². The van der Waals surface area contributed by atoms with E-state index >= 15 is 0 Å². The first-order valence-electron chi connectivity index (χ1n) is 4.28. The Morgan fingerprint density at radius 1 is 1.50 bits per heavy atom. The average molecular weight is 194 g/mol. The summed E-state index contributed by atoms with van der Waals surface area (Å²) in [7, 11) is 0. The van der Waals surface area contributed by atoms with Crippen molar-refractivity contribution in [3.05, 3.63) is 17.7 Å². The predicted octanol–water partition coefficient (Wildman–Crippen LogP) is 1.25. The number of carbonyl (C=O) groups excluding carboxylic acids is 1. The van der Waals surface area contributed by atoms with Gasteiger partial charge in [-0.3, -0.25) is 4.79 Å². The molecular formula is C10H10O4. The molecule has 0 saturated heterocycles. The van der Waals surface area contributed by atoms with Crippen molar-refractivity contribution >= 4 is 5.78 Å². The first-order chi connectivity index (χ1) is 6.68. The van der Waals surface area contributed by atoms with Crippen molar-refractivity contribution in [2.45, 2.75) is 13.3 Å². The number of fused-ring (bicyclic) bond motifs is 1. The Bertz CT molecular complexity index is 384. The van der Waals surface area contributed by atoms with Crippen molar-refractivity contribution in [3.63, 3.8) is 0 Å². The lowest BCUT2D eigenvalue weighted by Crippen LogP contribution is -1.97. The number of ketones is 1. The maximum atomic E-state index is 10.9. The van der Waals surface area contributed by atoms with Gasteiger partial charge in [-0.25, -0.2) is 0 Å². The van der Waals surface area contributed by atoms with Crippen molar-refractivity contribution in [2.24, 2.45) is 0 Å². The Morgan fingerprint density at radius 2 is 2.29 bits per heavy atom. The predicted molar refractivity (Wildman–Crippen MR) is 48.6 cm³/mol. The molecule has 4 nitrogen and oxygen atoms in total. The molecule has 1 aromatic carbocycles. The molecule has 0 fully saturated rings. The van der Waals surface area contributed by atoms with Crippen molar-refractivity contribution in [1.82, 2.24) is 0 Å². The van der Waals surface area contributed by atoms with E-state index < -0.39 is 0 Å². The molecule has 2 rings (SSSR count). The van der Waals surface area contributed by atoms with Crippen molar-refractivity contribution in [1.29, 1.82) is 0 Å². The van der Waals surface area contributed by atoms with Crippen LogP contribution in [-0.4, -0.2) is 17.7 Å². The van der Waals surface area contributed by atoms with Gasteiger partial charge in [-0.05, 0) is 13.0 Å². The number of phenols is 1. The van der Waals surface area contributed by atoms with Gasteiger partial charge in [0.2, 0.25) is 12.5 Å². The molecule has 0 unspecified atom stereocenters.